The van der Waals surface area contributed by atoms with E-state index >= 15 is 0 Å². The fourth-order valence-electron chi connectivity index (χ4n) is 3.70. The first-order chi connectivity index (χ1) is 14.4. The summed E-state index contributed by atoms with van der Waals surface area (Å²) in [7, 11) is -4.02. The maximum absolute atomic E-state index is 14.1. The number of sulfonamides is 1. The molecule has 1 aromatic carbocycles. The third-order valence-corrected chi connectivity index (χ3v) is 7.11. The highest BCUT2D eigenvalue weighted by Crippen LogP contribution is 2.36. The smallest absolute Gasteiger partial charge is 0.269 e. The van der Waals surface area contributed by atoms with Gasteiger partial charge >= 0.3 is 0 Å². The van der Waals surface area contributed by atoms with Crippen LogP contribution in [-0.4, -0.2) is 48.0 Å². The highest BCUT2D eigenvalue weighted by Gasteiger charge is 2.47. The lowest BCUT2D eigenvalue weighted by molar-refractivity contribution is -0.115. The number of nitrogens with zero attached hydrogens (tertiary/aromatic N) is 3. The van der Waals surface area contributed by atoms with Crippen LogP contribution in [0.4, 0.5) is 4.39 Å². The molecule has 1 spiro atoms. The molecule has 0 radical (unpaired) electrons. The Labute approximate surface area is 173 Å². The van der Waals surface area contributed by atoms with E-state index in [0.29, 0.717) is 19.4 Å². The summed E-state index contributed by atoms with van der Waals surface area (Å²) in [4.78, 5) is 21.7. The summed E-state index contributed by atoms with van der Waals surface area (Å²) < 4.78 is 41.2. The van der Waals surface area contributed by atoms with Crippen molar-refractivity contribution in [3.63, 3.8) is 0 Å². The maximum Gasteiger partial charge on any atom is 0.269 e. The first-order valence-corrected chi connectivity index (χ1v) is 11.0. The summed E-state index contributed by atoms with van der Waals surface area (Å²) in [5, 5.41) is 6.69. The molecular weight excluding hydrogens is 411 g/mol. The number of rotatable bonds is 5. The van der Waals surface area contributed by atoms with Crippen LogP contribution >= 0.6 is 0 Å². The van der Waals surface area contributed by atoms with Gasteiger partial charge in [0.25, 0.3) is 5.91 Å². The van der Waals surface area contributed by atoms with Gasteiger partial charge in [0.2, 0.25) is 10.0 Å². The zero-order valence-electron chi connectivity index (χ0n) is 16.1. The van der Waals surface area contributed by atoms with Gasteiger partial charge in [0.15, 0.2) is 5.60 Å². The third kappa shape index (κ3) is 4.05. The van der Waals surface area contributed by atoms with E-state index in [-0.39, 0.29) is 36.0 Å². The van der Waals surface area contributed by atoms with Crippen molar-refractivity contribution >= 4 is 21.6 Å². The van der Waals surface area contributed by atoms with Gasteiger partial charge in [0.05, 0.1) is 6.54 Å². The maximum atomic E-state index is 14.1. The van der Waals surface area contributed by atoms with Crippen molar-refractivity contribution in [2.45, 2.75) is 36.3 Å². The molecule has 1 amide bonds. The van der Waals surface area contributed by atoms with E-state index < -0.39 is 21.4 Å². The number of hydrogen-bond acceptors (Lipinski definition) is 6. The van der Waals surface area contributed by atoms with E-state index in [2.05, 4.69) is 15.5 Å². The van der Waals surface area contributed by atoms with E-state index in [4.69, 9.17) is 4.84 Å². The van der Waals surface area contributed by atoms with E-state index in [1.165, 1.54) is 22.5 Å². The van der Waals surface area contributed by atoms with Gasteiger partial charge < -0.3 is 10.2 Å². The van der Waals surface area contributed by atoms with Crippen LogP contribution in [0.5, 0.6) is 0 Å². The second-order valence-corrected chi connectivity index (χ2v) is 9.31. The van der Waals surface area contributed by atoms with Crippen LogP contribution < -0.4 is 5.32 Å². The van der Waals surface area contributed by atoms with Crippen molar-refractivity contribution in [3.05, 3.63) is 60.2 Å². The summed E-state index contributed by atoms with van der Waals surface area (Å²) in [6, 6.07) is 8.90. The number of hydrogen-bond donors (Lipinski definition) is 1. The van der Waals surface area contributed by atoms with E-state index in [0.717, 1.165) is 11.6 Å². The minimum absolute atomic E-state index is 0.00650. The van der Waals surface area contributed by atoms with E-state index in [9.17, 15) is 17.6 Å². The fraction of sp³-hybridized carbons (Fsp3) is 0.350. The fourth-order valence-corrected chi connectivity index (χ4v) is 5.32. The number of oxime groups is 1. The first-order valence-electron chi connectivity index (χ1n) is 9.56. The Morgan fingerprint density at radius 2 is 2.10 bits per heavy atom. The van der Waals surface area contributed by atoms with Crippen LogP contribution in [0.15, 0.2) is 58.8 Å². The summed E-state index contributed by atoms with van der Waals surface area (Å²) in [6.45, 7) is 0.559. The molecule has 158 valence electrons. The number of benzene rings is 1. The molecule has 2 aliphatic heterocycles. The number of piperidine rings is 1. The van der Waals surface area contributed by atoms with Gasteiger partial charge in [-0.2, -0.15) is 4.31 Å². The highest BCUT2D eigenvalue weighted by atomic mass is 32.2. The lowest BCUT2D eigenvalue weighted by Gasteiger charge is -2.37. The van der Waals surface area contributed by atoms with Crippen LogP contribution in [0.2, 0.25) is 0 Å². The van der Waals surface area contributed by atoms with Crippen molar-refractivity contribution in [1.29, 1.82) is 0 Å². The molecule has 1 unspecified atom stereocenters. The summed E-state index contributed by atoms with van der Waals surface area (Å²) in [5.41, 5.74) is 0.140. The molecule has 30 heavy (non-hydrogen) atoms. The van der Waals surface area contributed by atoms with Crippen molar-refractivity contribution in [1.82, 2.24) is 14.6 Å². The third-order valence-electron chi connectivity index (χ3n) is 5.24. The quantitative estimate of drug-likeness (QED) is 0.777. The van der Waals surface area contributed by atoms with Gasteiger partial charge in [-0.3, -0.25) is 9.78 Å². The number of aromatic nitrogens is 1. The number of pyridine rings is 1. The molecule has 8 nitrogen and oxygen atoms in total. The largest absolute Gasteiger partial charge is 0.387 e. The van der Waals surface area contributed by atoms with Crippen LogP contribution in [0.3, 0.4) is 0 Å². The minimum Gasteiger partial charge on any atom is -0.387 e. The molecular formula is C20H21FN4O4S. The topological polar surface area (TPSA) is 101 Å². The molecule has 10 heteroatoms. The molecule has 3 heterocycles. The van der Waals surface area contributed by atoms with Gasteiger partial charge in [0, 0.05) is 31.9 Å². The van der Waals surface area contributed by atoms with Gasteiger partial charge in [-0.1, -0.05) is 23.4 Å². The molecule has 0 aliphatic carbocycles. The monoisotopic (exact) mass is 432 g/mol. The molecule has 1 atom stereocenters. The summed E-state index contributed by atoms with van der Waals surface area (Å²) in [5.74, 6) is -1.17. The Hall–Kier alpha value is -2.85. The predicted molar refractivity (Wildman–Crippen MR) is 106 cm³/mol. The molecule has 0 saturated carbocycles. The lowest BCUT2D eigenvalue weighted by atomic mass is 9.89. The summed E-state index contributed by atoms with van der Waals surface area (Å²) >= 11 is 0. The van der Waals surface area contributed by atoms with Crippen LogP contribution in [0, 0.1) is 5.82 Å². The summed E-state index contributed by atoms with van der Waals surface area (Å²) in [6.07, 6.45) is 4.57. The normalized spacial score (nSPS) is 21.8. The van der Waals surface area contributed by atoms with E-state index in [1.54, 1.807) is 18.5 Å². The van der Waals surface area contributed by atoms with Crippen molar-refractivity contribution in [2.75, 3.05) is 13.1 Å². The molecule has 2 aromatic rings. The zero-order valence-corrected chi connectivity index (χ0v) is 16.9. The average molecular weight is 432 g/mol. The van der Waals surface area contributed by atoms with E-state index in [1.807, 2.05) is 6.07 Å². The van der Waals surface area contributed by atoms with Gasteiger partial charge in [-0.05, 0) is 36.6 Å². The standard InChI is InChI=1S/C20H21FN4O4S/c21-16-6-1-2-7-18(16)30(27,28)25-10-4-8-20(14-25)11-17(24-29-20)19(26)23-13-15-5-3-9-22-12-15/h1-3,5-7,9,12H,4,8,10-11,13-14H2,(H,23,26). The lowest BCUT2D eigenvalue weighted by Crippen LogP contribution is -2.51. The number of halogens is 1. The van der Waals surface area contributed by atoms with Crippen LogP contribution in [0.25, 0.3) is 0 Å². The number of nitrogens with one attached hydrogen (secondary N) is 1. The SMILES string of the molecule is O=C(NCc1cccnc1)C1=NOC2(CCCN(S(=O)(=O)c3ccccc3F)C2)C1. The predicted octanol–water partition coefficient (Wildman–Crippen LogP) is 1.84. The van der Waals surface area contributed by atoms with Crippen molar-refractivity contribution in [2.24, 2.45) is 5.16 Å². The first kappa shape index (κ1) is 20.4. The molecule has 1 saturated heterocycles. The number of carbonyl (C=O) groups excluding carboxylic acids is 1. The number of carbonyl (C=O) groups is 1. The average Bonchev–Trinajstić information content (AvgIpc) is 3.16. The van der Waals surface area contributed by atoms with Gasteiger partial charge in [0.1, 0.15) is 16.4 Å². The molecule has 2 aliphatic rings. The molecule has 1 N–H and O–H groups in total. The molecule has 1 aromatic heterocycles. The Bertz CT molecular complexity index is 1080. The molecule has 4 rings (SSSR count). The Kier molecular flexibility index (Phi) is 5.52. The molecule has 0 bridgehead atoms. The minimum atomic E-state index is -4.02. The van der Waals surface area contributed by atoms with Crippen LogP contribution in [-0.2, 0) is 26.2 Å². The number of amides is 1. The van der Waals surface area contributed by atoms with Gasteiger partial charge in [-0.25, -0.2) is 12.8 Å². The Morgan fingerprint density at radius 3 is 2.87 bits per heavy atom. The second kappa shape index (κ2) is 8.11. The zero-order chi connectivity index (χ0) is 21.2. The van der Waals surface area contributed by atoms with Crippen molar-refractivity contribution in [3.8, 4) is 0 Å². The van der Waals surface area contributed by atoms with Crippen LogP contribution in [0.1, 0.15) is 24.8 Å². The Morgan fingerprint density at radius 1 is 1.27 bits per heavy atom. The van der Waals surface area contributed by atoms with Crippen molar-refractivity contribution < 1.29 is 22.4 Å². The van der Waals surface area contributed by atoms with Gasteiger partial charge in [-0.15, -0.1) is 0 Å². The Balaban J connectivity index is 1.42. The second-order valence-electron chi connectivity index (χ2n) is 7.41. The highest BCUT2D eigenvalue weighted by molar-refractivity contribution is 7.89. The molecule has 1 fully saturated rings.